The lowest BCUT2D eigenvalue weighted by Gasteiger charge is -2.19. The van der Waals surface area contributed by atoms with Gasteiger partial charge in [-0.05, 0) is 38.1 Å². The Morgan fingerprint density at radius 1 is 1.45 bits per heavy atom. The minimum Gasteiger partial charge on any atom is -0.352 e. The molecule has 1 aromatic heterocycles. The van der Waals surface area contributed by atoms with Crippen molar-refractivity contribution >= 4 is 5.91 Å². The molecule has 1 aromatic rings. The largest absolute Gasteiger partial charge is 0.352 e. The van der Waals surface area contributed by atoms with Crippen molar-refractivity contribution < 1.29 is 4.79 Å². The van der Waals surface area contributed by atoms with Gasteiger partial charge >= 0.3 is 0 Å². The van der Waals surface area contributed by atoms with E-state index < -0.39 is 0 Å². The fourth-order valence-electron chi connectivity index (χ4n) is 2.45. The Labute approximate surface area is 121 Å². The van der Waals surface area contributed by atoms with Crippen LogP contribution in [-0.4, -0.2) is 22.2 Å². The molecule has 5 heteroatoms. The molecule has 1 atom stereocenters. The number of carbonyl (C=O) groups is 1. The van der Waals surface area contributed by atoms with Crippen molar-refractivity contribution in [3.63, 3.8) is 0 Å². The van der Waals surface area contributed by atoms with Gasteiger partial charge in [0.2, 0.25) is 5.91 Å². The first-order valence-corrected chi connectivity index (χ1v) is 7.40. The highest BCUT2D eigenvalue weighted by molar-refractivity contribution is 5.75. The normalized spacial score (nSPS) is 12.7. The van der Waals surface area contributed by atoms with Crippen LogP contribution in [0.25, 0.3) is 0 Å². The van der Waals surface area contributed by atoms with Gasteiger partial charge in [-0.2, -0.15) is 5.10 Å². The quantitative estimate of drug-likeness (QED) is 0.762. The Morgan fingerprint density at radius 2 is 2.15 bits per heavy atom. The van der Waals surface area contributed by atoms with Gasteiger partial charge in [-0.1, -0.05) is 13.8 Å². The van der Waals surface area contributed by atoms with Crippen LogP contribution in [0.5, 0.6) is 0 Å². The predicted molar refractivity (Wildman–Crippen MR) is 81.0 cm³/mol. The second-order valence-corrected chi connectivity index (χ2v) is 5.81. The molecule has 0 aliphatic carbocycles. The number of aromatic nitrogens is 2. The van der Waals surface area contributed by atoms with Gasteiger partial charge in [0, 0.05) is 31.8 Å². The average Bonchev–Trinajstić information content (AvgIpc) is 2.70. The number of hydrogen-bond acceptors (Lipinski definition) is 3. The van der Waals surface area contributed by atoms with Crippen LogP contribution in [0.4, 0.5) is 0 Å². The van der Waals surface area contributed by atoms with Crippen molar-refractivity contribution in [2.24, 2.45) is 24.6 Å². The van der Waals surface area contributed by atoms with Crippen LogP contribution in [0.3, 0.4) is 0 Å². The maximum atomic E-state index is 11.9. The minimum absolute atomic E-state index is 0.107. The van der Waals surface area contributed by atoms with E-state index in [1.807, 2.05) is 20.2 Å². The molecule has 1 heterocycles. The van der Waals surface area contributed by atoms with Gasteiger partial charge in [-0.25, -0.2) is 0 Å². The van der Waals surface area contributed by atoms with Gasteiger partial charge in [-0.3, -0.25) is 9.48 Å². The van der Waals surface area contributed by atoms with Crippen LogP contribution in [0, 0.1) is 18.8 Å². The molecule has 0 bridgehead atoms. The number of nitrogens with two attached hydrogens (primary N) is 1. The maximum Gasteiger partial charge on any atom is 0.220 e. The smallest absolute Gasteiger partial charge is 0.220 e. The number of carbonyl (C=O) groups excluding carboxylic acids is 1. The zero-order valence-electron chi connectivity index (χ0n) is 13.1. The molecule has 114 valence electrons. The van der Waals surface area contributed by atoms with Gasteiger partial charge in [0.25, 0.3) is 0 Å². The summed E-state index contributed by atoms with van der Waals surface area (Å²) in [6.45, 7) is 7.59. The molecule has 0 saturated carbocycles. The Kier molecular flexibility index (Phi) is 6.71. The number of rotatable bonds is 8. The summed E-state index contributed by atoms with van der Waals surface area (Å²) in [6, 6.07) is 0. The van der Waals surface area contributed by atoms with Crippen LogP contribution in [0.1, 0.15) is 44.4 Å². The molecule has 0 aromatic carbocycles. The van der Waals surface area contributed by atoms with E-state index in [4.69, 9.17) is 5.73 Å². The van der Waals surface area contributed by atoms with E-state index in [0.29, 0.717) is 31.3 Å². The molecule has 0 aliphatic heterocycles. The van der Waals surface area contributed by atoms with E-state index >= 15 is 0 Å². The molecule has 1 amide bonds. The molecule has 5 nitrogen and oxygen atoms in total. The van der Waals surface area contributed by atoms with Crippen LogP contribution >= 0.6 is 0 Å². The highest BCUT2D eigenvalue weighted by Gasteiger charge is 2.14. The third kappa shape index (κ3) is 5.33. The number of amides is 1. The van der Waals surface area contributed by atoms with Gasteiger partial charge in [0.05, 0.1) is 5.69 Å². The molecule has 0 radical (unpaired) electrons. The van der Waals surface area contributed by atoms with E-state index in [1.165, 1.54) is 0 Å². The number of nitrogens with zero attached hydrogens (tertiary/aromatic N) is 2. The number of aryl methyl sites for hydroxylation is 2. The van der Waals surface area contributed by atoms with E-state index in [9.17, 15) is 4.79 Å². The van der Waals surface area contributed by atoms with Crippen molar-refractivity contribution in [3.8, 4) is 0 Å². The Morgan fingerprint density at radius 3 is 2.65 bits per heavy atom. The van der Waals surface area contributed by atoms with Crippen LogP contribution < -0.4 is 11.1 Å². The molecule has 3 N–H and O–H groups in total. The summed E-state index contributed by atoms with van der Waals surface area (Å²) in [7, 11) is 1.89. The first-order valence-electron chi connectivity index (χ1n) is 7.40. The molecule has 20 heavy (non-hydrogen) atoms. The third-order valence-corrected chi connectivity index (χ3v) is 3.81. The topological polar surface area (TPSA) is 72.9 Å². The Bertz CT molecular complexity index is 426. The summed E-state index contributed by atoms with van der Waals surface area (Å²) in [5, 5.41) is 7.23. The Balaban J connectivity index is 2.34. The molecular formula is C15H28N4O. The Hall–Kier alpha value is -1.36. The fourth-order valence-corrected chi connectivity index (χ4v) is 2.45. The second-order valence-electron chi connectivity index (χ2n) is 5.81. The first kappa shape index (κ1) is 16.7. The fraction of sp³-hybridized carbons (Fsp3) is 0.733. The van der Waals surface area contributed by atoms with Crippen LogP contribution in [0.15, 0.2) is 6.20 Å². The van der Waals surface area contributed by atoms with E-state index in [1.54, 1.807) is 4.68 Å². The van der Waals surface area contributed by atoms with Crippen molar-refractivity contribution in [2.45, 2.75) is 46.6 Å². The molecule has 1 rings (SSSR count). The minimum atomic E-state index is 0.107. The summed E-state index contributed by atoms with van der Waals surface area (Å²) in [5.41, 5.74) is 7.66. The van der Waals surface area contributed by atoms with Gasteiger partial charge in [-0.15, -0.1) is 0 Å². The van der Waals surface area contributed by atoms with Crippen molar-refractivity contribution in [1.29, 1.82) is 0 Å². The first-order chi connectivity index (χ1) is 9.43. The summed E-state index contributed by atoms with van der Waals surface area (Å²) in [6.07, 6.45) is 4.42. The van der Waals surface area contributed by atoms with E-state index in [2.05, 4.69) is 24.3 Å². The highest BCUT2D eigenvalue weighted by atomic mass is 16.1. The second kappa shape index (κ2) is 8.04. The molecule has 0 aliphatic rings. The molecule has 0 saturated heterocycles. The SMILES string of the molecule is Cc1nn(C)cc1CNC(=O)CCC(CCN)C(C)C. The van der Waals surface area contributed by atoms with E-state index in [0.717, 1.165) is 24.1 Å². The zero-order chi connectivity index (χ0) is 15.1. The average molecular weight is 280 g/mol. The highest BCUT2D eigenvalue weighted by Crippen LogP contribution is 2.20. The summed E-state index contributed by atoms with van der Waals surface area (Å²) >= 11 is 0. The van der Waals surface area contributed by atoms with Gasteiger partial charge < -0.3 is 11.1 Å². The maximum absolute atomic E-state index is 11.9. The summed E-state index contributed by atoms with van der Waals surface area (Å²) in [5.74, 6) is 1.22. The number of hydrogen-bond donors (Lipinski definition) is 2. The van der Waals surface area contributed by atoms with Crippen molar-refractivity contribution in [3.05, 3.63) is 17.5 Å². The lowest BCUT2D eigenvalue weighted by atomic mass is 9.88. The van der Waals surface area contributed by atoms with Crippen molar-refractivity contribution in [1.82, 2.24) is 15.1 Å². The molecule has 1 unspecified atom stereocenters. The van der Waals surface area contributed by atoms with E-state index in [-0.39, 0.29) is 5.91 Å². The summed E-state index contributed by atoms with van der Waals surface area (Å²) < 4.78 is 1.77. The lowest BCUT2D eigenvalue weighted by Crippen LogP contribution is -2.24. The number of nitrogens with one attached hydrogen (secondary N) is 1. The van der Waals surface area contributed by atoms with Gasteiger partial charge in [0.1, 0.15) is 0 Å². The lowest BCUT2D eigenvalue weighted by molar-refractivity contribution is -0.121. The predicted octanol–water partition coefficient (Wildman–Crippen LogP) is 1.75. The monoisotopic (exact) mass is 280 g/mol. The van der Waals surface area contributed by atoms with Crippen LogP contribution in [-0.2, 0) is 18.4 Å². The van der Waals surface area contributed by atoms with Gasteiger partial charge in [0.15, 0.2) is 0 Å². The standard InChI is InChI=1S/C15H28N4O/c1-11(2)13(7-8-16)5-6-15(20)17-9-14-10-19(4)18-12(14)3/h10-11,13H,5-9,16H2,1-4H3,(H,17,20). The molecular weight excluding hydrogens is 252 g/mol. The summed E-state index contributed by atoms with van der Waals surface area (Å²) in [4.78, 5) is 11.9. The van der Waals surface area contributed by atoms with Crippen molar-refractivity contribution in [2.75, 3.05) is 6.54 Å². The third-order valence-electron chi connectivity index (χ3n) is 3.81. The molecule has 0 spiro atoms. The van der Waals surface area contributed by atoms with Crippen LogP contribution in [0.2, 0.25) is 0 Å². The molecule has 0 fully saturated rings. The zero-order valence-corrected chi connectivity index (χ0v) is 13.1.